The first kappa shape index (κ1) is 35.6. The van der Waals surface area contributed by atoms with Crippen LogP contribution in [0.3, 0.4) is 0 Å². The van der Waals surface area contributed by atoms with E-state index in [0.29, 0.717) is 17.8 Å². The van der Waals surface area contributed by atoms with Crippen LogP contribution in [-0.4, -0.2) is 6.29 Å². The molecule has 0 amide bonds. The third-order valence-electron chi connectivity index (χ3n) is 10.4. The molecule has 1 heteroatoms. The van der Waals surface area contributed by atoms with Crippen molar-refractivity contribution in [1.29, 1.82) is 0 Å². The van der Waals surface area contributed by atoms with E-state index >= 15 is 0 Å². The van der Waals surface area contributed by atoms with Gasteiger partial charge in [0.1, 0.15) is 6.29 Å². The average Bonchev–Trinajstić information content (AvgIpc) is 3.89. The molecule has 0 spiro atoms. The maximum atomic E-state index is 10.8. The van der Waals surface area contributed by atoms with Crippen LogP contribution in [0.1, 0.15) is 200 Å². The normalized spacial score (nSPS) is 22.6. The van der Waals surface area contributed by atoms with E-state index in [9.17, 15) is 4.79 Å². The van der Waals surface area contributed by atoms with E-state index in [1.807, 2.05) is 0 Å². The molecule has 2 fully saturated rings. The second-order valence-corrected chi connectivity index (χ2v) is 14.3. The fourth-order valence-corrected chi connectivity index (χ4v) is 7.17. The minimum atomic E-state index is 0.377. The zero-order chi connectivity index (χ0) is 28.5. The van der Waals surface area contributed by atoms with Gasteiger partial charge < -0.3 is 4.79 Å². The molecule has 2 rings (SSSR count). The Kier molecular flexibility index (Phi) is 22.2. The summed E-state index contributed by atoms with van der Waals surface area (Å²) in [6.07, 6.45) is 47.8. The van der Waals surface area contributed by atoms with Gasteiger partial charge in [-0.3, -0.25) is 0 Å². The van der Waals surface area contributed by atoms with Crippen molar-refractivity contribution in [1.82, 2.24) is 0 Å². The molecule has 0 radical (unpaired) electrons. The van der Waals surface area contributed by atoms with Gasteiger partial charge in [-0.25, -0.2) is 0 Å². The van der Waals surface area contributed by atoms with Gasteiger partial charge in [-0.1, -0.05) is 180 Å². The smallest absolute Gasteiger partial charge is 0.123 e. The van der Waals surface area contributed by atoms with Gasteiger partial charge in [-0.15, -0.1) is 0 Å². The van der Waals surface area contributed by atoms with Gasteiger partial charge in [-0.2, -0.15) is 0 Å². The number of hydrogen-bond donors (Lipinski definition) is 0. The minimum Gasteiger partial charge on any atom is -0.303 e. The molecule has 0 saturated heterocycles. The molecule has 0 aromatic carbocycles. The summed E-state index contributed by atoms with van der Waals surface area (Å²) in [7, 11) is 0. The summed E-state index contributed by atoms with van der Waals surface area (Å²) in [4.78, 5) is 10.8. The van der Waals surface area contributed by atoms with E-state index < -0.39 is 0 Å². The van der Waals surface area contributed by atoms with E-state index in [-0.39, 0.29) is 0 Å². The molecule has 2 aliphatic rings. The van der Waals surface area contributed by atoms with Gasteiger partial charge in [0.15, 0.2) is 0 Å². The molecule has 5 atom stereocenters. The molecule has 0 aliphatic heterocycles. The van der Waals surface area contributed by atoms with Crippen LogP contribution < -0.4 is 0 Å². The van der Waals surface area contributed by atoms with Crippen LogP contribution in [0.5, 0.6) is 0 Å². The fourth-order valence-electron chi connectivity index (χ4n) is 7.17. The molecule has 0 aromatic rings. The molecule has 0 aromatic heterocycles. The molecule has 2 aliphatic carbocycles. The van der Waals surface area contributed by atoms with Crippen molar-refractivity contribution >= 4 is 6.29 Å². The molecule has 0 N–H and O–H groups in total. The molecule has 40 heavy (non-hydrogen) atoms. The van der Waals surface area contributed by atoms with Crippen molar-refractivity contribution in [2.45, 2.75) is 200 Å². The van der Waals surface area contributed by atoms with Gasteiger partial charge in [0, 0.05) is 5.92 Å². The van der Waals surface area contributed by atoms with Gasteiger partial charge >= 0.3 is 0 Å². The number of rotatable bonds is 31. The highest BCUT2D eigenvalue weighted by Crippen LogP contribution is 2.46. The Hall–Kier alpha value is -0.590. The predicted octanol–water partition coefficient (Wildman–Crippen LogP) is 13.2. The number of allylic oxidation sites excluding steroid dienone is 2. The molecule has 234 valence electrons. The summed E-state index contributed by atoms with van der Waals surface area (Å²) in [5.74, 6) is 3.96. The lowest BCUT2D eigenvalue weighted by Crippen LogP contribution is -1.98. The van der Waals surface area contributed by atoms with Crippen molar-refractivity contribution in [2.24, 2.45) is 29.6 Å². The molecular formula is C39H72O. The first-order valence-corrected chi connectivity index (χ1v) is 18.9. The largest absolute Gasteiger partial charge is 0.303 e. The Morgan fingerprint density at radius 3 is 1.40 bits per heavy atom. The maximum absolute atomic E-state index is 10.8. The van der Waals surface area contributed by atoms with Gasteiger partial charge in [0.05, 0.1) is 0 Å². The average molecular weight is 557 g/mol. The van der Waals surface area contributed by atoms with Crippen molar-refractivity contribution in [3.8, 4) is 0 Å². The standard InChI is InChI=1S/C39H72O/c1-3-4-5-6-7-8-9-10-11-12-13-14-18-21-24-27-30-36-32-37(36)31-28-25-22-19-16-15-17-20-23-26-29-35(2)39-33-38(39)34-40/h23,26,34-39H,3-22,24-25,27-33H2,1-2H3/b26-23+/t35-,36-,37+,38+,39+/m0/s1. The van der Waals surface area contributed by atoms with Gasteiger partial charge in [-0.05, 0) is 55.8 Å². The quantitative estimate of drug-likeness (QED) is 0.0471. The summed E-state index contributed by atoms with van der Waals surface area (Å²) in [6, 6.07) is 0. The van der Waals surface area contributed by atoms with Crippen LogP contribution in [0.15, 0.2) is 12.2 Å². The van der Waals surface area contributed by atoms with Crippen LogP contribution in [0.25, 0.3) is 0 Å². The van der Waals surface area contributed by atoms with E-state index in [1.54, 1.807) is 6.42 Å². The Bertz CT molecular complexity index is 594. The highest BCUT2D eigenvalue weighted by atomic mass is 16.1. The zero-order valence-electron chi connectivity index (χ0n) is 27.5. The highest BCUT2D eigenvalue weighted by molar-refractivity contribution is 5.58. The van der Waals surface area contributed by atoms with E-state index in [1.165, 1.54) is 167 Å². The van der Waals surface area contributed by atoms with Crippen LogP contribution in [0, 0.1) is 29.6 Å². The highest BCUT2D eigenvalue weighted by Gasteiger charge is 2.40. The minimum absolute atomic E-state index is 0.377. The maximum Gasteiger partial charge on any atom is 0.123 e. The van der Waals surface area contributed by atoms with Crippen LogP contribution >= 0.6 is 0 Å². The number of carbonyl (C=O) groups is 1. The number of unbranched alkanes of at least 4 members (excludes halogenated alkanes) is 22. The molecular weight excluding hydrogens is 484 g/mol. The molecule has 0 heterocycles. The lowest BCUT2D eigenvalue weighted by molar-refractivity contribution is -0.109. The monoisotopic (exact) mass is 557 g/mol. The molecule has 2 saturated carbocycles. The van der Waals surface area contributed by atoms with Gasteiger partial charge in [0.2, 0.25) is 0 Å². The summed E-state index contributed by atoms with van der Waals surface area (Å²) in [6.45, 7) is 4.62. The summed E-state index contributed by atoms with van der Waals surface area (Å²) < 4.78 is 0. The van der Waals surface area contributed by atoms with Crippen molar-refractivity contribution < 1.29 is 4.79 Å². The lowest BCUT2D eigenvalue weighted by atomic mass is 10.00. The Morgan fingerprint density at radius 1 is 0.550 bits per heavy atom. The third kappa shape index (κ3) is 19.5. The Labute approximate surface area is 252 Å². The Morgan fingerprint density at radius 2 is 0.975 bits per heavy atom. The topological polar surface area (TPSA) is 17.1 Å². The lowest BCUT2D eigenvalue weighted by Gasteiger charge is -2.05. The predicted molar refractivity (Wildman–Crippen MR) is 178 cm³/mol. The first-order valence-electron chi connectivity index (χ1n) is 18.9. The van der Waals surface area contributed by atoms with E-state index in [2.05, 4.69) is 26.0 Å². The SMILES string of the molecule is CCCCCCCCCCCCCCCCCC[C@H]1C[C@H]1CCCCCCCCC/C=C/C[C@H](C)[C@H]1C[C@@H]1C=O. The first-order chi connectivity index (χ1) is 19.8. The third-order valence-corrected chi connectivity index (χ3v) is 10.4. The van der Waals surface area contributed by atoms with Crippen LogP contribution in [0.4, 0.5) is 0 Å². The molecule has 0 unspecified atom stereocenters. The van der Waals surface area contributed by atoms with Crippen molar-refractivity contribution in [3.63, 3.8) is 0 Å². The second-order valence-electron chi connectivity index (χ2n) is 14.3. The second kappa shape index (κ2) is 25.0. The number of aldehydes is 1. The van der Waals surface area contributed by atoms with E-state index in [0.717, 1.165) is 31.0 Å². The Balaban J connectivity index is 1.20. The van der Waals surface area contributed by atoms with Crippen molar-refractivity contribution in [3.05, 3.63) is 12.2 Å². The summed E-state index contributed by atoms with van der Waals surface area (Å²) in [5, 5.41) is 0. The molecule has 1 nitrogen and oxygen atoms in total. The van der Waals surface area contributed by atoms with Crippen LogP contribution in [-0.2, 0) is 4.79 Å². The number of hydrogen-bond acceptors (Lipinski definition) is 1. The van der Waals surface area contributed by atoms with Crippen molar-refractivity contribution in [2.75, 3.05) is 0 Å². The fraction of sp³-hybridized carbons (Fsp3) is 0.923. The van der Waals surface area contributed by atoms with Crippen LogP contribution in [0.2, 0.25) is 0 Å². The summed E-state index contributed by atoms with van der Waals surface area (Å²) in [5.41, 5.74) is 0. The number of carbonyl (C=O) groups excluding carboxylic acids is 1. The summed E-state index contributed by atoms with van der Waals surface area (Å²) >= 11 is 0. The zero-order valence-corrected chi connectivity index (χ0v) is 27.5. The molecule has 0 bridgehead atoms. The van der Waals surface area contributed by atoms with E-state index in [4.69, 9.17) is 0 Å². The van der Waals surface area contributed by atoms with Gasteiger partial charge in [0.25, 0.3) is 0 Å².